The molecule has 0 fully saturated rings. The van der Waals surface area contributed by atoms with Crippen LogP contribution in [0.15, 0.2) is 30.3 Å². The molecule has 3 amide bonds. The van der Waals surface area contributed by atoms with E-state index in [0.717, 1.165) is 11.0 Å². The fourth-order valence-electron chi connectivity index (χ4n) is 2.40. The minimum atomic E-state index is -1.77. The first-order chi connectivity index (χ1) is 11.3. The molecule has 0 aliphatic carbocycles. The number of nitrogens with one attached hydrogen (secondary N) is 1. The Kier molecular flexibility index (Phi) is 3.59. The number of benzene rings is 2. The van der Waals surface area contributed by atoms with Crippen LogP contribution >= 0.6 is 0 Å². The summed E-state index contributed by atoms with van der Waals surface area (Å²) in [5.41, 5.74) is -0.701. The molecule has 0 saturated carbocycles. The molecule has 0 radical (unpaired) electrons. The molecule has 3 rings (SSSR count). The molecule has 0 saturated heterocycles. The normalized spacial score (nSPS) is 13.2. The third kappa shape index (κ3) is 2.23. The summed E-state index contributed by atoms with van der Waals surface area (Å²) < 4.78 is 39.9. The molecule has 5 nitrogen and oxygen atoms in total. The lowest BCUT2D eigenvalue weighted by Gasteiger charge is -2.10. The molecule has 2 aromatic rings. The molecule has 1 aliphatic heterocycles. The van der Waals surface area contributed by atoms with Crippen LogP contribution in [0.4, 0.5) is 18.9 Å². The average molecular weight is 334 g/mol. The highest BCUT2D eigenvalue weighted by atomic mass is 19.2. The van der Waals surface area contributed by atoms with Crippen molar-refractivity contribution >= 4 is 23.4 Å². The van der Waals surface area contributed by atoms with E-state index in [-0.39, 0.29) is 16.8 Å². The van der Waals surface area contributed by atoms with Crippen molar-refractivity contribution in [2.75, 3.05) is 12.4 Å². The zero-order valence-corrected chi connectivity index (χ0v) is 12.2. The van der Waals surface area contributed by atoms with Gasteiger partial charge in [-0.15, -0.1) is 0 Å². The van der Waals surface area contributed by atoms with Gasteiger partial charge in [-0.1, -0.05) is 6.07 Å². The highest BCUT2D eigenvalue weighted by Crippen LogP contribution is 2.29. The van der Waals surface area contributed by atoms with Gasteiger partial charge in [-0.2, -0.15) is 0 Å². The third-order valence-electron chi connectivity index (χ3n) is 3.65. The Hall–Kier alpha value is -3.16. The lowest BCUT2D eigenvalue weighted by atomic mass is 10.1. The zero-order valence-electron chi connectivity index (χ0n) is 12.2. The van der Waals surface area contributed by atoms with Crippen LogP contribution in [0.5, 0.6) is 0 Å². The number of amides is 3. The highest BCUT2D eigenvalue weighted by Gasteiger charge is 2.35. The summed E-state index contributed by atoms with van der Waals surface area (Å²) in [5, 5.41) is 2.25. The predicted octanol–water partition coefficient (Wildman–Crippen LogP) is 2.58. The minimum Gasteiger partial charge on any atom is -0.321 e. The van der Waals surface area contributed by atoms with Crippen LogP contribution in [0.2, 0.25) is 0 Å². The lowest BCUT2D eigenvalue weighted by molar-refractivity contribution is 0.0693. The van der Waals surface area contributed by atoms with Crippen molar-refractivity contribution < 1.29 is 27.6 Å². The van der Waals surface area contributed by atoms with Gasteiger partial charge in [0.25, 0.3) is 17.7 Å². The summed E-state index contributed by atoms with van der Waals surface area (Å²) >= 11 is 0. The first-order valence-electron chi connectivity index (χ1n) is 6.73. The topological polar surface area (TPSA) is 66.5 Å². The maximum absolute atomic E-state index is 13.7. The molecule has 8 heteroatoms. The van der Waals surface area contributed by atoms with Crippen molar-refractivity contribution in [2.45, 2.75) is 0 Å². The van der Waals surface area contributed by atoms with Crippen LogP contribution in [0.3, 0.4) is 0 Å². The average Bonchev–Trinajstić information content (AvgIpc) is 2.78. The molecule has 0 bridgehead atoms. The van der Waals surface area contributed by atoms with Crippen molar-refractivity contribution in [3.05, 3.63) is 64.5 Å². The van der Waals surface area contributed by atoms with E-state index in [2.05, 4.69) is 5.32 Å². The van der Waals surface area contributed by atoms with Crippen LogP contribution in [0.25, 0.3) is 0 Å². The summed E-state index contributed by atoms with van der Waals surface area (Å²) in [6.07, 6.45) is 0. The molecule has 0 aromatic heterocycles. The van der Waals surface area contributed by atoms with Gasteiger partial charge < -0.3 is 5.32 Å². The number of rotatable bonds is 2. The molecule has 2 aromatic carbocycles. The second-order valence-electron chi connectivity index (χ2n) is 5.07. The smallest absolute Gasteiger partial charge is 0.263 e. The number of hydrogen-bond donors (Lipinski definition) is 1. The Bertz CT molecular complexity index is 912. The standard InChI is InChI=1S/C16H9F3N2O3/c1-21-15(23)7-3-2-4-10(11(7)16(21)24)20-14(22)8-5-6-9(17)13(19)12(8)18/h2-6H,1H3,(H,20,22). The number of carbonyl (C=O) groups excluding carboxylic acids is 3. The van der Waals surface area contributed by atoms with Gasteiger partial charge in [0, 0.05) is 7.05 Å². The van der Waals surface area contributed by atoms with Gasteiger partial charge >= 0.3 is 0 Å². The van der Waals surface area contributed by atoms with Gasteiger partial charge in [0.05, 0.1) is 22.4 Å². The van der Waals surface area contributed by atoms with Crippen molar-refractivity contribution in [1.82, 2.24) is 4.90 Å². The first-order valence-corrected chi connectivity index (χ1v) is 6.73. The van der Waals surface area contributed by atoms with Crippen LogP contribution < -0.4 is 5.32 Å². The summed E-state index contributed by atoms with van der Waals surface area (Å²) in [6, 6.07) is 5.59. The van der Waals surface area contributed by atoms with Crippen molar-refractivity contribution in [2.24, 2.45) is 0 Å². The third-order valence-corrected chi connectivity index (χ3v) is 3.65. The largest absolute Gasteiger partial charge is 0.321 e. The van der Waals surface area contributed by atoms with Crippen molar-refractivity contribution in [3.8, 4) is 0 Å². The molecule has 0 unspecified atom stereocenters. The highest BCUT2D eigenvalue weighted by molar-refractivity contribution is 6.24. The van der Waals surface area contributed by atoms with E-state index in [1.807, 2.05) is 0 Å². The first kappa shape index (κ1) is 15.7. The zero-order chi connectivity index (χ0) is 17.6. The Morgan fingerprint density at radius 3 is 2.42 bits per heavy atom. The van der Waals surface area contributed by atoms with Gasteiger partial charge in [-0.05, 0) is 24.3 Å². The molecule has 24 heavy (non-hydrogen) atoms. The summed E-state index contributed by atoms with van der Waals surface area (Å²) in [4.78, 5) is 37.0. The van der Waals surface area contributed by atoms with E-state index >= 15 is 0 Å². The summed E-state index contributed by atoms with van der Waals surface area (Å²) in [7, 11) is 1.28. The molecule has 1 heterocycles. The molecule has 0 atom stereocenters. The van der Waals surface area contributed by atoms with E-state index in [9.17, 15) is 27.6 Å². The van der Waals surface area contributed by atoms with E-state index < -0.39 is 40.7 Å². The van der Waals surface area contributed by atoms with Gasteiger partial charge in [0.1, 0.15) is 0 Å². The number of hydrogen-bond acceptors (Lipinski definition) is 3. The van der Waals surface area contributed by atoms with Crippen LogP contribution in [-0.2, 0) is 0 Å². The number of anilines is 1. The fraction of sp³-hybridized carbons (Fsp3) is 0.0625. The maximum atomic E-state index is 13.7. The quantitative estimate of drug-likeness (QED) is 0.678. The number of imide groups is 1. The molecule has 122 valence electrons. The van der Waals surface area contributed by atoms with Gasteiger partial charge in [-0.25, -0.2) is 13.2 Å². The van der Waals surface area contributed by atoms with Gasteiger partial charge in [-0.3, -0.25) is 19.3 Å². The molecule has 1 aliphatic rings. The summed E-state index contributed by atoms with van der Waals surface area (Å²) in [6.45, 7) is 0. The van der Waals surface area contributed by atoms with Crippen LogP contribution in [0, 0.1) is 17.5 Å². The Morgan fingerprint density at radius 2 is 1.71 bits per heavy atom. The SMILES string of the molecule is CN1C(=O)c2cccc(NC(=O)c3ccc(F)c(F)c3F)c2C1=O. The predicted molar refractivity (Wildman–Crippen MR) is 77.1 cm³/mol. The van der Waals surface area contributed by atoms with E-state index in [1.165, 1.54) is 25.2 Å². The number of fused-ring (bicyclic) bond motifs is 1. The minimum absolute atomic E-state index is 0.0238. The van der Waals surface area contributed by atoms with E-state index in [1.54, 1.807) is 0 Å². The second kappa shape index (κ2) is 5.48. The Morgan fingerprint density at radius 1 is 1.00 bits per heavy atom. The number of halogens is 3. The van der Waals surface area contributed by atoms with Crippen LogP contribution in [-0.4, -0.2) is 29.7 Å². The maximum Gasteiger partial charge on any atom is 0.263 e. The second-order valence-corrected chi connectivity index (χ2v) is 5.07. The fourth-order valence-corrected chi connectivity index (χ4v) is 2.40. The van der Waals surface area contributed by atoms with Crippen LogP contribution in [0.1, 0.15) is 31.1 Å². The Labute approximate surface area is 133 Å². The monoisotopic (exact) mass is 334 g/mol. The van der Waals surface area contributed by atoms with Gasteiger partial charge in [0.2, 0.25) is 0 Å². The molecular formula is C16H9F3N2O3. The molecule has 0 spiro atoms. The van der Waals surface area contributed by atoms with E-state index in [4.69, 9.17) is 0 Å². The van der Waals surface area contributed by atoms with Gasteiger partial charge in [0.15, 0.2) is 17.5 Å². The number of carbonyl (C=O) groups is 3. The summed E-state index contributed by atoms with van der Waals surface area (Å²) in [5.74, 6) is -7.07. The van der Waals surface area contributed by atoms with E-state index in [0.29, 0.717) is 6.07 Å². The van der Waals surface area contributed by atoms with Crippen molar-refractivity contribution in [3.63, 3.8) is 0 Å². The Balaban J connectivity index is 2.00. The molecular weight excluding hydrogens is 325 g/mol. The lowest BCUT2D eigenvalue weighted by Crippen LogP contribution is -2.24. The number of nitrogens with zero attached hydrogens (tertiary/aromatic N) is 1. The molecule has 1 N–H and O–H groups in total. The van der Waals surface area contributed by atoms with Crippen molar-refractivity contribution in [1.29, 1.82) is 0 Å².